The van der Waals surface area contributed by atoms with Crippen molar-refractivity contribution in [3.05, 3.63) is 33.5 Å². The lowest BCUT2D eigenvalue weighted by atomic mass is 10.1. The summed E-state index contributed by atoms with van der Waals surface area (Å²) < 4.78 is 3.86. The molecule has 3 nitrogen and oxygen atoms in total. The van der Waals surface area contributed by atoms with Crippen molar-refractivity contribution in [1.82, 2.24) is 14.9 Å². The summed E-state index contributed by atoms with van der Waals surface area (Å²) in [6.07, 6.45) is 0. The molecule has 2 aromatic rings. The molecule has 0 radical (unpaired) electrons. The van der Waals surface area contributed by atoms with E-state index in [1.165, 1.54) is 17.1 Å². The first-order valence-corrected chi connectivity index (χ1v) is 5.66. The Morgan fingerprint density at radius 3 is 2.92 bits per heavy atom. The third-order valence-electron chi connectivity index (χ3n) is 1.84. The summed E-state index contributed by atoms with van der Waals surface area (Å²) in [6.45, 7) is 0. The molecule has 13 heavy (non-hydrogen) atoms. The normalized spacial score (nSPS) is 13.0. The maximum atomic E-state index is 4.05. The van der Waals surface area contributed by atoms with Gasteiger partial charge in [-0.05, 0) is 41.0 Å². The monoisotopic (exact) mass is 211 g/mol. The molecule has 0 aromatic carbocycles. The Morgan fingerprint density at radius 2 is 2.38 bits per heavy atom. The fourth-order valence-electron chi connectivity index (χ4n) is 1.22. The molecule has 0 aliphatic carbocycles. The van der Waals surface area contributed by atoms with Crippen molar-refractivity contribution in [2.75, 3.05) is 7.05 Å². The van der Waals surface area contributed by atoms with Crippen LogP contribution in [-0.4, -0.2) is 16.6 Å². The van der Waals surface area contributed by atoms with Crippen molar-refractivity contribution in [3.8, 4) is 0 Å². The first-order valence-electron chi connectivity index (χ1n) is 3.88. The van der Waals surface area contributed by atoms with Crippen molar-refractivity contribution in [2.45, 2.75) is 6.04 Å². The van der Waals surface area contributed by atoms with Crippen LogP contribution < -0.4 is 5.32 Å². The van der Waals surface area contributed by atoms with Crippen LogP contribution in [0, 0.1) is 0 Å². The van der Waals surface area contributed by atoms with Gasteiger partial charge in [-0.1, -0.05) is 4.49 Å². The molecule has 0 spiro atoms. The lowest BCUT2D eigenvalue weighted by Crippen LogP contribution is -2.17. The third-order valence-corrected chi connectivity index (χ3v) is 3.06. The first-order chi connectivity index (χ1) is 6.42. The minimum atomic E-state index is 0.185. The Kier molecular flexibility index (Phi) is 2.68. The Labute approximate surface area is 84.6 Å². The van der Waals surface area contributed by atoms with Gasteiger partial charge in [0.15, 0.2) is 0 Å². The van der Waals surface area contributed by atoms with E-state index < -0.39 is 0 Å². The average molecular weight is 211 g/mol. The van der Waals surface area contributed by atoms with E-state index in [-0.39, 0.29) is 6.04 Å². The second kappa shape index (κ2) is 3.95. The first kappa shape index (κ1) is 8.80. The molecule has 68 valence electrons. The van der Waals surface area contributed by atoms with E-state index in [1.807, 2.05) is 12.4 Å². The molecule has 1 unspecified atom stereocenters. The van der Waals surface area contributed by atoms with Gasteiger partial charge >= 0.3 is 0 Å². The Bertz CT molecular complexity index is 307. The fraction of sp³-hybridized carbons (Fsp3) is 0.250. The molecular formula is C8H9N3S2. The minimum Gasteiger partial charge on any atom is -0.308 e. The summed E-state index contributed by atoms with van der Waals surface area (Å²) >= 11 is 3.08. The summed E-state index contributed by atoms with van der Waals surface area (Å²) in [5, 5.41) is 13.4. The Morgan fingerprint density at radius 1 is 1.46 bits per heavy atom. The quantitative estimate of drug-likeness (QED) is 0.842. The van der Waals surface area contributed by atoms with Crippen molar-refractivity contribution in [2.24, 2.45) is 0 Å². The summed E-state index contributed by atoms with van der Waals surface area (Å²) in [7, 11) is 1.93. The van der Waals surface area contributed by atoms with Crippen molar-refractivity contribution < 1.29 is 0 Å². The molecule has 0 aliphatic heterocycles. The van der Waals surface area contributed by atoms with Gasteiger partial charge in [0.1, 0.15) is 0 Å². The van der Waals surface area contributed by atoms with Crippen LogP contribution in [0.3, 0.4) is 0 Å². The van der Waals surface area contributed by atoms with Crippen LogP contribution in [0.4, 0.5) is 0 Å². The van der Waals surface area contributed by atoms with Gasteiger partial charge in [0.25, 0.3) is 0 Å². The summed E-state index contributed by atoms with van der Waals surface area (Å²) in [5.74, 6) is 0. The zero-order valence-electron chi connectivity index (χ0n) is 7.10. The molecule has 0 fully saturated rings. The van der Waals surface area contributed by atoms with Gasteiger partial charge in [-0.25, -0.2) is 0 Å². The van der Waals surface area contributed by atoms with Crippen LogP contribution in [0.25, 0.3) is 0 Å². The number of nitrogens with zero attached hydrogens (tertiary/aromatic N) is 2. The lowest BCUT2D eigenvalue weighted by molar-refractivity contribution is 0.670. The molecule has 5 heteroatoms. The zero-order chi connectivity index (χ0) is 9.10. The highest BCUT2D eigenvalue weighted by Crippen LogP contribution is 2.22. The van der Waals surface area contributed by atoms with Gasteiger partial charge in [-0.2, -0.15) is 11.3 Å². The molecule has 2 rings (SSSR count). The molecule has 0 bridgehead atoms. The van der Waals surface area contributed by atoms with Crippen LogP contribution in [0.5, 0.6) is 0 Å². The van der Waals surface area contributed by atoms with Crippen LogP contribution in [0.15, 0.2) is 22.2 Å². The standard InChI is InChI=1S/C8H9N3S2/c1-9-8(6-2-3-12-4-6)7-5-13-11-10-7/h2-5,8-9H,1H3. The lowest BCUT2D eigenvalue weighted by Gasteiger charge is -2.10. The molecule has 1 atom stereocenters. The minimum absolute atomic E-state index is 0.185. The van der Waals surface area contributed by atoms with Gasteiger partial charge in [0, 0.05) is 5.38 Å². The number of hydrogen-bond acceptors (Lipinski definition) is 5. The number of nitrogens with one attached hydrogen (secondary N) is 1. The Hall–Kier alpha value is -0.780. The average Bonchev–Trinajstić information content (AvgIpc) is 2.76. The van der Waals surface area contributed by atoms with Gasteiger partial charge in [0.05, 0.1) is 11.7 Å². The number of hydrogen-bond donors (Lipinski definition) is 1. The Balaban J connectivity index is 2.29. The van der Waals surface area contributed by atoms with Gasteiger partial charge in [-0.15, -0.1) is 5.10 Å². The predicted octanol–water partition coefficient (Wildman–Crippen LogP) is 1.91. The summed E-state index contributed by atoms with van der Waals surface area (Å²) in [4.78, 5) is 0. The smallest absolute Gasteiger partial charge is 0.0970 e. The van der Waals surface area contributed by atoms with Crippen molar-refractivity contribution in [1.29, 1.82) is 0 Å². The van der Waals surface area contributed by atoms with Crippen LogP contribution >= 0.6 is 22.9 Å². The highest BCUT2D eigenvalue weighted by Gasteiger charge is 2.14. The molecule has 2 heterocycles. The number of thiophene rings is 1. The molecule has 0 aliphatic rings. The molecule has 0 saturated carbocycles. The number of rotatable bonds is 3. The SMILES string of the molecule is CNC(c1ccsc1)c1csnn1. The number of aromatic nitrogens is 2. The topological polar surface area (TPSA) is 37.8 Å². The van der Waals surface area contributed by atoms with E-state index in [1.54, 1.807) is 11.3 Å². The van der Waals surface area contributed by atoms with Gasteiger partial charge in [-0.3, -0.25) is 0 Å². The maximum absolute atomic E-state index is 4.05. The van der Waals surface area contributed by atoms with Crippen LogP contribution in [-0.2, 0) is 0 Å². The maximum Gasteiger partial charge on any atom is 0.0970 e. The van der Waals surface area contributed by atoms with Crippen LogP contribution in [0.2, 0.25) is 0 Å². The highest BCUT2D eigenvalue weighted by molar-refractivity contribution is 7.08. The van der Waals surface area contributed by atoms with E-state index in [2.05, 4.69) is 31.7 Å². The van der Waals surface area contributed by atoms with Gasteiger partial charge < -0.3 is 5.32 Å². The van der Waals surface area contributed by atoms with Crippen molar-refractivity contribution in [3.63, 3.8) is 0 Å². The second-order valence-corrected chi connectivity index (χ2v) is 4.00. The predicted molar refractivity (Wildman–Crippen MR) is 55.1 cm³/mol. The fourth-order valence-corrected chi connectivity index (χ4v) is 2.39. The molecule has 1 N–H and O–H groups in total. The molecule has 0 saturated heterocycles. The third kappa shape index (κ3) is 1.77. The molecule has 0 amide bonds. The largest absolute Gasteiger partial charge is 0.308 e. The van der Waals surface area contributed by atoms with Crippen LogP contribution in [0.1, 0.15) is 17.3 Å². The van der Waals surface area contributed by atoms with E-state index >= 15 is 0 Å². The van der Waals surface area contributed by atoms with E-state index in [9.17, 15) is 0 Å². The van der Waals surface area contributed by atoms with Gasteiger partial charge in [0.2, 0.25) is 0 Å². The molecular weight excluding hydrogens is 202 g/mol. The second-order valence-electron chi connectivity index (χ2n) is 2.61. The summed E-state index contributed by atoms with van der Waals surface area (Å²) in [6, 6.07) is 2.29. The molecule has 2 aromatic heterocycles. The van der Waals surface area contributed by atoms with E-state index in [0.717, 1.165) is 5.69 Å². The zero-order valence-corrected chi connectivity index (χ0v) is 8.73. The van der Waals surface area contributed by atoms with E-state index in [4.69, 9.17) is 0 Å². The van der Waals surface area contributed by atoms with E-state index in [0.29, 0.717) is 0 Å². The van der Waals surface area contributed by atoms with Crippen molar-refractivity contribution >= 4 is 22.9 Å². The summed E-state index contributed by atoms with van der Waals surface area (Å²) in [5.41, 5.74) is 2.24. The highest BCUT2D eigenvalue weighted by atomic mass is 32.1.